The van der Waals surface area contributed by atoms with Crippen LogP contribution in [0.4, 0.5) is 0 Å². The predicted molar refractivity (Wildman–Crippen MR) is 150 cm³/mol. The first-order chi connectivity index (χ1) is 13.4. The molecule has 0 aromatic heterocycles. The molecule has 0 spiro atoms. The van der Waals surface area contributed by atoms with Gasteiger partial charge in [-0.2, -0.15) is 0 Å². The van der Waals surface area contributed by atoms with Crippen LogP contribution in [0.5, 0.6) is 0 Å². The van der Waals surface area contributed by atoms with Gasteiger partial charge in [0, 0.05) is 49.8 Å². The van der Waals surface area contributed by atoms with Gasteiger partial charge in [0.15, 0.2) is 0 Å². The van der Waals surface area contributed by atoms with E-state index in [9.17, 15) is 0 Å². The van der Waals surface area contributed by atoms with Crippen molar-refractivity contribution in [3.05, 3.63) is 0 Å². The Labute approximate surface area is 221 Å². The molecule has 0 aromatic carbocycles. The van der Waals surface area contributed by atoms with Crippen LogP contribution < -0.4 is 0 Å². The first-order valence-corrected chi connectivity index (χ1v) is 13.1. The molecule has 0 bridgehead atoms. The van der Waals surface area contributed by atoms with E-state index in [-0.39, 0.29) is 23.7 Å². The minimum absolute atomic E-state index is 0. The second-order valence-corrected chi connectivity index (χ2v) is 9.59. The van der Waals surface area contributed by atoms with Crippen molar-refractivity contribution in [2.24, 2.45) is 0 Å². The number of unbranched alkanes of at least 4 members (excludes halogenated alkanes) is 8. The average molecular weight is 594 g/mol. The molecule has 0 saturated heterocycles. The summed E-state index contributed by atoms with van der Waals surface area (Å²) < 4.78 is 1.52. The van der Waals surface area contributed by atoms with Crippen molar-refractivity contribution in [3.63, 3.8) is 0 Å². The predicted octanol–water partition coefficient (Wildman–Crippen LogP) is 7.39. The molecule has 0 fully saturated rings. The Kier molecular flexibility index (Phi) is 32.8. The van der Waals surface area contributed by atoms with Crippen LogP contribution >= 0.6 is 49.7 Å². The largest absolute Gasteiger partial charge is 0.358 e. The number of rotatable bonds is 16. The van der Waals surface area contributed by atoms with Crippen LogP contribution in [0.1, 0.15) is 105 Å². The third kappa shape index (κ3) is 25.4. The number of hydrogen-bond donors (Lipinski definition) is 2. The summed E-state index contributed by atoms with van der Waals surface area (Å²) >= 11 is 18.7. The molecule has 0 saturated carbocycles. The maximum Gasteiger partial charge on any atom is 0.133 e. The van der Waals surface area contributed by atoms with Crippen molar-refractivity contribution in [1.29, 1.82) is 0 Å². The first kappa shape index (κ1) is 34.9. The summed E-state index contributed by atoms with van der Waals surface area (Å²) in [5.74, 6) is 0. The SMILES string of the molecule is CCCCCN(CCCCC)C(=S)S.CCCCCN(CCCCC)C(=S)S.[Te]. The van der Waals surface area contributed by atoms with Crippen molar-refractivity contribution in [3.8, 4) is 0 Å². The van der Waals surface area contributed by atoms with Crippen LogP contribution in [0.3, 0.4) is 0 Å². The van der Waals surface area contributed by atoms with Gasteiger partial charge in [-0.25, -0.2) is 0 Å². The van der Waals surface area contributed by atoms with Crippen molar-refractivity contribution < 1.29 is 0 Å². The Morgan fingerprint density at radius 1 is 0.517 bits per heavy atom. The molecule has 0 amide bonds. The Hall–Kier alpha value is 1.27. The fraction of sp³-hybridized carbons (Fsp3) is 0.909. The Morgan fingerprint density at radius 3 is 0.862 bits per heavy atom. The van der Waals surface area contributed by atoms with Gasteiger partial charge in [0.1, 0.15) is 8.64 Å². The third-order valence-electron chi connectivity index (χ3n) is 4.67. The van der Waals surface area contributed by atoms with E-state index in [1.54, 1.807) is 0 Å². The Bertz CT molecular complexity index is 317. The summed E-state index contributed by atoms with van der Waals surface area (Å²) in [5, 5.41) is 0. The maximum atomic E-state index is 5.11. The van der Waals surface area contributed by atoms with Crippen LogP contribution in [0.15, 0.2) is 0 Å². The zero-order chi connectivity index (χ0) is 21.6. The normalized spacial score (nSPS) is 9.86. The van der Waals surface area contributed by atoms with E-state index in [4.69, 9.17) is 24.4 Å². The molecule has 0 aliphatic heterocycles. The molecule has 0 heterocycles. The summed E-state index contributed by atoms with van der Waals surface area (Å²) in [7, 11) is 0. The maximum absolute atomic E-state index is 5.11. The summed E-state index contributed by atoms with van der Waals surface area (Å²) in [6.07, 6.45) is 15.2. The molecule has 29 heavy (non-hydrogen) atoms. The second-order valence-electron chi connectivity index (χ2n) is 7.37. The van der Waals surface area contributed by atoms with Gasteiger partial charge in [0.05, 0.1) is 0 Å². The van der Waals surface area contributed by atoms with E-state index >= 15 is 0 Å². The molecule has 2 radical (unpaired) electrons. The molecule has 0 aliphatic rings. The zero-order valence-electron chi connectivity index (χ0n) is 19.3. The van der Waals surface area contributed by atoms with E-state index in [0.29, 0.717) is 0 Å². The van der Waals surface area contributed by atoms with Gasteiger partial charge in [-0.1, -0.05) is 103 Å². The fourth-order valence-corrected chi connectivity index (χ4v) is 3.58. The van der Waals surface area contributed by atoms with Crippen molar-refractivity contribution >= 4 is 82.0 Å². The summed E-state index contributed by atoms with van der Waals surface area (Å²) in [6, 6.07) is 0. The van der Waals surface area contributed by atoms with Crippen molar-refractivity contribution in [2.45, 2.75) is 105 Å². The minimum atomic E-state index is 0. The Balaban J connectivity index is -0.000000451. The van der Waals surface area contributed by atoms with Crippen LogP contribution in [-0.4, -0.2) is 68.3 Å². The number of nitrogens with zero attached hydrogens (tertiary/aromatic N) is 2. The van der Waals surface area contributed by atoms with Crippen LogP contribution in [0.2, 0.25) is 0 Å². The van der Waals surface area contributed by atoms with Gasteiger partial charge in [0.2, 0.25) is 0 Å². The van der Waals surface area contributed by atoms with Crippen molar-refractivity contribution in [1.82, 2.24) is 9.80 Å². The molecule has 0 aliphatic carbocycles. The van der Waals surface area contributed by atoms with E-state index in [2.05, 4.69) is 62.8 Å². The van der Waals surface area contributed by atoms with Gasteiger partial charge >= 0.3 is 0 Å². The number of thiol groups is 2. The van der Waals surface area contributed by atoms with Gasteiger partial charge in [-0.05, 0) is 25.7 Å². The first-order valence-electron chi connectivity index (χ1n) is 11.4. The van der Waals surface area contributed by atoms with Crippen molar-refractivity contribution in [2.75, 3.05) is 26.2 Å². The molecule has 0 atom stereocenters. The fourth-order valence-electron chi connectivity index (χ4n) is 2.82. The molecule has 174 valence electrons. The van der Waals surface area contributed by atoms with Crippen LogP contribution in [0.25, 0.3) is 0 Å². The quantitative estimate of drug-likeness (QED) is 0.0833. The molecule has 0 rings (SSSR count). The smallest absolute Gasteiger partial charge is 0.133 e. The topological polar surface area (TPSA) is 6.48 Å². The van der Waals surface area contributed by atoms with Gasteiger partial charge < -0.3 is 9.80 Å². The molecular formula is C22H46N2S4Te. The summed E-state index contributed by atoms with van der Waals surface area (Å²) in [6.45, 7) is 13.2. The molecule has 2 nitrogen and oxygen atoms in total. The summed E-state index contributed by atoms with van der Waals surface area (Å²) in [4.78, 5) is 4.45. The zero-order valence-corrected chi connectivity index (χ0v) is 25.1. The monoisotopic (exact) mass is 596 g/mol. The molecule has 0 unspecified atom stereocenters. The number of thiocarbonyl (C=S) groups is 2. The molecular weight excluding hydrogens is 548 g/mol. The standard InChI is InChI=1S/2C11H23NS2.Te/c2*1-3-5-7-9-12(11(13)14)10-8-6-4-2;/h2*3-10H2,1-2H3,(H,13,14);. The van der Waals surface area contributed by atoms with Gasteiger partial charge in [0.25, 0.3) is 0 Å². The van der Waals surface area contributed by atoms with Gasteiger partial charge in [-0.15, -0.1) is 25.3 Å². The van der Waals surface area contributed by atoms with E-state index in [0.717, 1.165) is 34.8 Å². The minimum Gasteiger partial charge on any atom is -0.358 e. The molecule has 0 N–H and O–H groups in total. The number of hydrogen-bond acceptors (Lipinski definition) is 2. The van der Waals surface area contributed by atoms with Gasteiger partial charge in [-0.3, -0.25) is 0 Å². The van der Waals surface area contributed by atoms with E-state index in [1.165, 1.54) is 77.0 Å². The third-order valence-corrected chi connectivity index (χ3v) is 5.75. The summed E-state index contributed by atoms with van der Waals surface area (Å²) in [5.41, 5.74) is 0. The van der Waals surface area contributed by atoms with E-state index in [1.807, 2.05) is 0 Å². The molecule has 7 heteroatoms. The molecule has 0 aromatic rings. The van der Waals surface area contributed by atoms with Crippen LogP contribution in [-0.2, 0) is 0 Å². The average Bonchev–Trinajstić information content (AvgIpc) is 2.66. The Morgan fingerprint density at radius 2 is 0.724 bits per heavy atom. The second kappa shape index (κ2) is 27.3. The van der Waals surface area contributed by atoms with Crippen LogP contribution in [0, 0.1) is 0 Å². The van der Waals surface area contributed by atoms with E-state index < -0.39 is 0 Å².